The summed E-state index contributed by atoms with van der Waals surface area (Å²) >= 11 is 12.6. The first-order valence-corrected chi connectivity index (χ1v) is 20.9. The van der Waals surface area contributed by atoms with E-state index in [4.69, 9.17) is 32.7 Å². The fourth-order valence-electron chi connectivity index (χ4n) is 6.12. The van der Waals surface area contributed by atoms with E-state index >= 15 is 0 Å². The molecule has 0 spiro atoms. The number of benzene rings is 2. The smallest absolute Gasteiger partial charge is 0.243 e. The summed E-state index contributed by atoms with van der Waals surface area (Å²) in [5.74, 6) is 1.13. The molecule has 0 unspecified atom stereocenters. The highest BCUT2D eigenvalue weighted by atomic mass is 35.5. The van der Waals surface area contributed by atoms with Gasteiger partial charge < -0.3 is 19.7 Å². The van der Waals surface area contributed by atoms with Crippen LogP contribution < -0.4 is 14.8 Å². The third-order valence-corrected chi connectivity index (χ3v) is 13.2. The van der Waals surface area contributed by atoms with Gasteiger partial charge in [0.15, 0.2) is 0 Å². The molecule has 4 heterocycles. The molecule has 0 bridgehead atoms. The number of ether oxygens (including phenoxy) is 2. The van der Waals surface area contributed by atoms with Crippen molar-refractivity contribution in [2.24, 2.45) is 0 Å². The van der Waals surface area contributed by atoms with Crippen LogP contribution in [0, 0.1) is 0 Å². The van der Waals surface area contributed by atoms with Crippen molar-refractivity contribution in [3.05, 3.63) is 59.1 Å². The van der Waals surface area contributed by atoms with Crippen molar-refractivity contribution in [2.45, 2.75) is 49.3 Å². The van der Waals surface area contributed by atoms with E-state index in [2.05, 4.69) is 20.2 Å². The summed E-state index contributed by atoms with van der Waals surface area (Å²) in [4.78, 5) is 10.9. The number of nitrogens with zero attached hydrogens (tertiary/aromatic N) is 5. The van der Waals surface area contributed by atoms with Crippen LogP contribution in [0.4, 0.5) is 0 Å². The van der Waals surface area contributed by atoms with E-state index < -0.39 is 20.0 Å². The van der Waals surface area contributed by atoms with Crippen molar-refractivity contribution in [3.8, 4) is 11.5 Å². The van der Waals surface area contributed by atoms with E-state index in [1.54, 1.807) is 40.7 Å². The lowest BCUT2D eigenvalue weighted by atomic mass is 10.1. The molecule has 17 heteroatoms. The van der Waals surface area contributed by atoms with Crippen LogP contribution in [-0.4, -0.2) is 113 Å². The van der Waals surface area contributed by atoms with Crippen molar-refractivity contribution < 1.29 is 26.3 Å². The number of sulfonamides is 2. The zero-order valence-corrected chi connectivity index (χ0v) is 33.6. The Hall–Kier alpha value is -2.53. The SMILES string of the molecule is CCCOc1ccc(S(=O)(=O)N2CCCN(C)CC2)c2ccnc(Cl)c12.CCCOc1ccc(S(=O)(=O)N2CCCNCC2)c2ccnc(Cl)c12.Cl. The molecule has 2 saturated heterocycles. The van der Waals surface area contributed by atoms with E-state index in [9.17, 15) is 16.8 Å². The Balaban J connectivity index is 0.000000228. The van der Waals surface area contributed by atoms with Crippen LogP contribution in [0.2, 0.25) is 10.3 Å². The fourth-order valence-corrected chi connectivity index (χ4v) is 9.95. The zero-order valence-electron chi connectivity index (χ0n) is 29.7. The van der Waals surface area contributed by atoms with Crippen LogP contribution in [0.3, 0.4) is 0 Å². The second-order valence-electron chi connectivity index (χ2n) is 12.4. The van der Waals surface area contributed by atoms with Crippen LogP contribution in [-0.2, 0) is 20.0 Å². The molecule has 0 aliphatic carbocycles. The first-order valence-electron chi connectivity index (χ1n) is 17.3. The lowest BCUT2D eigenvalue weighted by Crippen LogP contribution is -2.34. The van der Waals surface area contributed by atoms with Crippen molar-refractivity contribution in [3.63, 3.8) is 0 Å². The third-order valence-electron chi connectivity index (χ3n) is 8.74. The first kappa shape index (κ1) is 42.2. The summed E-state index contributed by atoms with van der Waals surface area (Å²) in [6, 6.07) is 9.96. The van der Waals surface area contributed by atoms with Gasteiger partial charge in [-0.25, -0.2) is 26.8 Å². The molecule has 0 amide bonds. The van der Waals surface area contributed by atoms with Crippen molar-refractivity contribution in [2.75, 3.05) is 72.6 Å². The monoisotopic (exact) mass is 816 g/mol. The zero-order chi connectivity index (χ0) is 36.6. The molecule has 4 aromatic rings. The number of rotatable bonds is 10. The maximum Gasteiger partial charge on any atom is 0.243 e. The van der Waals surface area contributed by atoms with Crippen molar-refractivity contribution in [1.82, 2.24) is 28.8 Å². The molecule has 2 aliphatic heterocycles. The largest absolute Gasteiger partial charge is 0.493 e. The summed E-state index contributed by atoms with van der Waals surface area (Å²) in [7, 11) is -5.23. The number of likely N-dealkylation sites (N-methyl/N-ethyl adjacent to an activating group) is 1. The van der Waals surface area contributed by atoms with E-state index in [0.29, 0.717) is 79.0 Å². The Labute approximate surface area is 323 Å². The van der Waals surface area contributed by atoms with Gasteiger partial charge >= 0.3 is 0 Å². The second-order valence-corrected chi connectivity index (χ2v) is 17.0. The van der Waals surface area contributed by atoms with Gasteiger partial charge in [0, 0.05) is 62.4 Å². The molecular weight excluding hydrogens is 771 g/mol. The minimum absolute atomic E-state index is 0. The predicted molar refractivity (Wildman–Crippen MR) is 209 cm³/mol. The first-order chi connectivity index (χ1) is 24.5. The molecule has 6 rings (SSSR count). The molecule has 286 valence electrons. The molecule has 2 fully saturated rings. The molecule has 1 N–H and O–H groups in total. The van der Waals surface area contributed by atoms with Crippen LogP contribution in [0.15, 0.2) is 58.6 Å². The number of aromatic nitrogens is 2. The fraction of sp³-hybridized carbons (Fsp3) is 0.486. The summed E-state index contributed by atoms with van der Waals surface area (Å²) in [6.07, 6.45) is 6.35. The molecule has 0 atom stereocenters. The standard InChI is InChI=1S/C18H24ClN3O3S.C17H22ClN3O3S.ClH/c1-3-13-25-15-5-6-16(14-7-8-20-18(19)17(14)15)26(23,24)22-10-4-9-21(2)11-12-22;1-2-12-24-14-4-5-15(13-6-8-20-17(18)16(13)14)25(22,23)21-10-3-7-19-9-11-21;/h5-8H,3-4,9-13H2,1-2H3;4-6,8,19H,2-3,7,9-12H2,1H3;1H. The van der Waals surface area contributed by atoms with E-state index in [1.165, 1.54) is 16.7 Å². The van der Waals surface area contributed by atoms with Crippen LogP contribution in [0.5, 0.6) is 11.5 Å². The van der Waals surface area contributed by atoms with Crippen LogP contribution in [0.1, 0.15) is 39.5 Å². The quantitative estimate of drug-likeness (QED) is 0.188. The highest BCUT2D eigenvalue weighted by Gasteiger charge is 2.30. The number of hydrogen-bond donors (Lipinski definition) is 1. The molecule has 2 aromatic carbocycles. The molecule has 52 heavy (non-hydrogen) atoms. The minimum Gasteiger partial charge on any atom is -0.493 e. The van der Waals surface area contributed by atoms with E-state index in [0.717, 1.165) is 45.3 Å². The molecular formula is C35H47Cl3N6O6S2. The van der Waals surface area contributed by atoms with Gasteiger partial charge in [-0.1, -0.05) is 37.0 Å². The molecule has 0 radical (unpaired) electrons. The van der Waals surface area contributed by atoms with Gasteiger partial charge in [0.1, 0.15) is 21.8 Å². The van der Waals surface area contributed by atoms with Gasteiger partial charge in [0.05, 0.1) is 33.8 Å². The average Bonchev–Trinajstić information content (AvgIpc) is 3.54. The predicted octanol–water partition coefficient (Wildman–Crippen LogP) is 6.09. The number of fused-ring (bicyclic) bond motifs is 2. The Morgan fingerprint density at radius 3 is 1.69 bits per heavy atom. The molecule has 2 aromatic heterocycles. The normalized spacial score (nSPS) is 16.7. The molecule has 2 aliphatic rings. The average molecular weight is 818 g/mol. The number of hydrogen-bond acceptors (Lipinski definition) is 10. The minimum atomic E-state index is -3.62. The second kappa shape index (κ2) is 19.2. The van der Waals surface area contributed by atoms with Gasteiger partial charge in [-0.15, -0.1) is 12.4 Å². The van der Waals surface area contributed by atoms with Crippen LogP contribution in [0.25, 0.3) is 21.5 Å². The maximum absolute atomic E-state index is 13.3. The number of nitrogens with one attached hydrogen (secondary N) is 1. The highest BCUT2D eigenvalue weighted by Crippen LogP contribution is 2.37. The Morgan fingerprint density at radius 1 is 0.673 bits per heavy atom. The highest BCUT2D eigenvalue weighted by molar-refractivity contribution is 7.89. The number of pyridine rings is 2. The Kier molecular flexibility index (Phi) is 15.6. The van der Waals surface area contributed by atoms with Crippen molar-refractivity contribution in [1.29, 1.82) is 0 Å². The Morgan fingerprint density at radius 2 is 1.17 bits per heavy atom. The maximum atomic E-state index is 13.3. The summed E-state index contributed by atoms with van der Waals surface area (Å²) < 4.78 is 67.6. The van der Waals surface area contributed by atoms with Gasteiger partial charge in [0.2, 0.25) is 20.0 Å². The van der Waals surface area contributed by atoms with Gasteiger partial charge in [-0.3, -0.25) is 0 Å². The lowest BCUT2D eigenvalue weighted by Gasteiger charge is -2.22. The number of halogens is 3. The van der Waals surface area contributed by atoms with Crippen molar-refractivity contribution >= 4 is 77.2 Å². The summed E-state index contributed by atoms with van der Waals surface area (Å²) in [5.41, 5.74) is 0. The van der Waals surface area contributed by atoms with Gasteiger partial charge in [0.25, 0.3) is 0 Å². The molecule has 0 saturated carbocycles. The lowest BCUT2D eigenvalue weighted by molar-refractivity contribution is 0.321. The van der Waals surface area contributed by atoms with Gasteiger partial charge in [-0.2, -0.15) is 8.61 Å². The molecule has 12 nitrogen and oxygen atoms in total. The van der Waals surface area contributed by atoms with Gasteiger partial charge in [-0.05, 0) is 82.2 Å². The topological polar surface area (TPSA) is 134 Å². The third kappa shape index (κ3) is 9.57. The van der Waals surface area contributed by atoms with E-state index in [-0.39, 0.29) is 32.5 Å². The van der Waals surface area contributed by atoms with Crippen LogP contribution >= 0.6 is 35.6 Å². The van der Waals surface area contributed by atoms with E-state index in [1.807, 2.05) is 20.9 Å². The summed E-state index contributed by atoms with van der Waals surface area (Å²) in [5, 5.41) is 5.92. The Bertz CT molecular complexity index is 2030. The summed E-state index contributed by atoms with van der Waals surface area (Å²) in [6.45, 7) is 10.1.